The van der Waals surface area contributed by atoms with Crippen molar-refractivity contribution in [1.82, 2.24) is 4.98 Å². The fraction of sp³-hybridized carbons (Fsp3) is 0.133. The van der Waals surface area contributed by atoms with E-state index in [0.29, 0.717) is 5.56 Å². The second-order valence-corrected chi connectivity index (χ2v) is 4.11. The molecule has 1 aromatic carbocycles. The van der Waals surface area contributed by atoms with E-state index >= 15 is 0 Å². The highest BCUT2D eigenvalue weighted by Crippen LogP contribution is 2.21. The third-order valence-corrected chi connectivity index (χ3v) is 2.70. The molecule has 0 saturated heterocycles. The van der Waals surface area contributed by atoms with Crippen LogP contribution in [0.4, 0.5) is 4.39 Å². The van der Waals surface area contributed by atoms with Gasteiger partial charge in [0.05, 0.1) is 5.56 Å². The highest BCUT2D eigenvalue weighted by Gasteiger charge is 2.11. The van der Waals surface area contributed by atoms with Crippen molar-refractivity contribution in [1.29, 1.82) is 5.26 Å². The molecule has 0 bridgehead atoms. The van der Waals surface area contributed by atoms with Gasteiger partial charge in [0.25, 0.3) is 0 Å². The van der Waals surface area contributed by atoms with Gasteiger partial charge < -0.3 is 4.74 Å². The van der Waals surface area contributed by atoms with Crippen molar-refractivity contribution in [3.8, 4) is 11.8 Å². The molecule has 0 fully saturated rings. The van der Waals surface area contributed by atoms with Gasteiger partial charge in [-0.05, 0) is 31.2 Å². The molecule has 1 aromatic heterocycles. The number of rotatable bonds is 4. The van der Waals surface area contributed by atoms with E-state index in [1.807, 2.05) is 6.07 Å². The van der Waals surface area contributed by atoms with Gasteiger partial charge >= 0.3 is 0 Å². The van der Waals surface area contributed by atoms with E-state index in [0.717, 1.165) is 6.07 Å². The van der Waals surface area contributed by atoms with E-state index in [2.05, 4.69) is 4.98 Å². The zero-order chi connectivity index (χ0) is 14.5. The van der Waals surface area contributed by atoms with Crippen molar-refractivity contribution in [2.24, 2.45) is 0 Å². The standard InChI is InChI=1S/C15H11FN2O2/c1-10(19)13-7-12(16)4-5-15(13)20-9-11-3-2-6-18-14(11)8-17/h2-7H,9H2,1H3. The van der Waals surface area contributed by atoms with Crippen LogP contribution in [0.3, 0.4) is 0 Å². The number of carbonyl (C=O) groups excluding carboxylic acids is 1. The number of pyridine rings is 1. The first kappa shape index (κ1) is 13.7. The third kappa shape index (κ3) is 2.98. The Balaban J connectivity index is 2.24. The molecule has 4 nitrogen and oxygen atoms in total. The number of halogens is 1. The normalized spacial score (nSPS) is 9.85. The number of benzene rings is 1. The van der Waals surface area contributed by atoms with Crippen molar-refractivity contribution in [3.63, 3.8) is 0 Å². The summed E-state index contributed by atoms with van der Waals surface area (Å²) in [5.41, 5.74) is 1.04. The highest BCUT2D eigenvalue weighted by atomic mass is 19.1. The van der Waals surface area contributed by atoms with E-state index in [-0.39, 0.29) is 29.4 Å². The molecule has 0 aliphatic heterocycles. The Labute approximate surface area is 115 Å². The van der Waals surface area contributed by atoms with Crippen molar-refractivity contribution in [2.75, 3.05) is 0 Å². The van der Waals surface area contributed by atoms with Crippen LogP contribution in [0.15, 0.2) is 36.5 Å². The molecule has 2 aromatic rings. The minimum Gasteiger partial charge on any atom is -0.488 e. The molecule has 1 heterocycles. The van der Waals surface area contributed by atoms with Gasteiger partial charge in [-0.2, -0.15) is 5.26 Å². The molecule has 100 valence electrons. The van der Waals surface area contributed by atoms with Gasteiger partial charge in [0, 0.05) is 11.8 Å². The monoisotopic (exact) mass is 270 g/mol. The number of nitrogens with zero attached hydrogens (tertiary/aromatic N) is 2. The summed E-state index contributed by atoms with van der Waals surface area (Å²) in [6.45, 7) is 1.43. The predicted octanol–water partition coefficient (Wildman–Crippen LogP) is 2.87. The molecular weight excluding hydrogens is 259 g/mol. The molecule has 0 aliphatic rings. The SMILES string of the molecule is CC(=O)c1cc(F)ccc1OCc1cccnc1C#N. The number of hydrogen-bond donors (Lipinski definition) is 0. The summed E-state index contributed by atoms with van der Waals surface area (Å²) in [5, 5.41) is 8.92. The maximum atomic E-state index is 13.1. The molecule has 5 heteroatoms. The van der Waals surface area contributed by atoms with Gasteiger partial charge in [-0.1, -0.05) is 6.07 Å². The first-order valence-electron chi connectivity index (χ1n) is 5.89. The largest absolute Gasteiger partial charge is 0.488 e. The quantitative estimate of drug-likeness (QED) is 0.801. The van der Waals surface area contributed by atoms with Crippen LogP contribution in [0, 0.1) is 17.1 Å². The molecule has 0 radical (unpaired) electrons. The molecule has 0 spiro atoms. The Morgan fingerprint density at radius 3 is 2.95 bits per heavy atom. The minimum atomic E-state index is -0.498. The van der Waals surface area contributed by atoms with E-state index < -0.39 is 5.82 Å². The van der Waals surface area contributed by atoms with Crippen LogP contribution in [0.2, 0.25) is 0 Å². The molecule has 0 atom stereocenters. The Bertz CT molecular complexity index is 693. The lowest BCUT2D eigenvalue weighted by Gasteiger charge is -2.10. The topological polar surface area (TPSA) is 63.0 Å². The Kier molecular flexibility index (Phi) is 4.06. The number of aromatic nitrogens is 1. The summed E-state index contributed by atoms with van der Waals surface area (Å²) < 4.78 is 18.6. The summed E-state index contributed by atoms with van der Waals surface area (Å²) >= 11 is 0. The molecule has 0 amide bonds. The summed E-state index contributed by atoms with van der Waals surface area (Å²) in [6, 6.07) is 9.11. The average molecular weight is 270 g/mol. The van der Waals surface area contributed by atoms with Crippen LogP contribution in [-0.2, 0) is 6.61 Å². The van der Waals surface area contributed by atoms with Crippen LogP contribution in [0.25, 0.3) is 0 Å². The van der Waals surface area contributed by atoms with E-state index in [9.17, 15) is 9.18 Å². The zero-order valence-corrected chi connectivity index (χ0v) is 10.8. The van der Waals surface area contributed by atoms with E-state index in [1.54, 1.807) is 12.1 Å². The van der Waals surface area contributed by atoms with Crippen LogP contribution >= 0.6 is 0 Å². The first-order chi connectivity index (χ1) is 9.61. The molecule has 2 rings (SSSR count). The number of Topliss-reactive ketones (excluding diaryl/α,β-unsaturated/α-hetero) is 1. The smallest absolute Gasteiger partial charge is 0.163 e. The summed E-state index contributed by atoms with van der Waals surface area (Å²) in [4.78, 5) is 15.4. The minimum absolute atomic E-state index is 0.0860. The van der Waals surface area contributed by atoms with Gasteiger partial charge in [0.2, 0.25) is 0 Å². The fourth-order valence-corrected chi connectivity index (χ4v) is 1.71. The predicted molar refractivity (Wildman–Crippen MR) is 69.7 cm³/mol. The Morgan fingerprint density at radius 2 is 2.25 bits per heavy atom. The second-order valence-electron chi connectivity index (χ2n) is 4.11. The van der Waals surface area contributed by atoms with Crippen molar-refractivity contribution in [2.45, 2.75) is 13.5 Å². The first-order valence-corrected chi connectivity index (χ1v) is 5.89. The van der Waals surface area contributed by atoms with E-state index in [4.69, 9.17) is 10.00 Å². The maximum Gasteiger partial charge on any atom is 0.163 e. The van der Waals surface area contributed by atoms with Crippen LogP contribution in [-0.4, -0.2) is 10.8 Å². The Morgan fingerprint density at radius 1 is 1.45 bits per heavy atom. The van der Waals surface area contributed by atoms with Gasteiger partial charge in [0.15, 0.2) is 5.78 Å². The van der Waals surface area contributed by atoms with Crippen molar-refractivity contribution < 1.29 is 13.9 Å². The highest BCUT2D eigenvalue weighted by molar-refractivity contribution is 5.96. The van der Waals surface area contributed by atoms with Crippen molar-refractivity contribution >= 4 is 5.78 Å². The Hall–Kier alpha value is -2.74. The fourth-order valence-electron chi connectivity index (χ4n) is 1.71. The molecule has 20 heavy (non-hydrogen) atoms. The number of carbonyl (C=O) groups is 1. The lowest BCUT2D eigenvalue weighted by atomic mass is 10.1. The van der Waals surface area contributed by atoms with Gasteiger partial charge in [-0.15, -0.1) is 0 Å². The number of nitriles is 1. The second kappa shape index (κ2) is 5.93. The molecular formula is C15H11FN2O2. The average Bonchev–Trinajstić information content (AvgIpc) is 2.46. The van der Waals surface area contributed by atoms with Gasteiger partial charge in [-0.25, -0.2) is 9.37 Å². The summed E-state index contributed by atoms with van der Waals surface area (Å²) in [7, 11) is 0. The molecule has 0 unspecified atom stereocenters. The molecule has 0 aliphatic carbocycles. The number of ether oxygens (including phenoxy) is 1. The zero-order valence-electron chi connectivity index (χ0n) is 10.8. The third-order valence-electron chi connectivity index (χ3n) is 2.70. The molecule has 0 saturated carbocycles. The number of ketones is 1. The van der Waals surface area contributed by atoms with Crippen molar-refractivity contribution in [3.05, 3.63) is 59.2 Å². The van der Waals surface area contributed by atoms with Crippen LogP contribution in [0.1, 0.15) is 28.5 Å². The summed E-state index contributed by atoms with van der Waals surface area (Å²) in [6.07, 6.45) is 1.51. The summed E-state index contributed by atoms with van der Waals surface area (Å²) in [5.74, 6) is -0.500. The van der Waals surface area contributed by atoms with Crippen LogP contribution in [0.5, 0.6) is 5.75 Å². The lowest BCUT2D eigenvalue weighted by molar-refractivity contribution is 0.101. The van der Waals surface area contributed by atoms with Gasteiger partial charge in [0.1, 0.15) is 29.9 Å². The lowest BCUT2D eigenvalue weighted by Crippen LogP contribution is -2.04. The van der Waals surface area contributed by atoms with E-state index in [1.165, 1.54) is 25.3 Å². The van der Waals surface area contributed by atoms with Gasteiger partial charge in [-0.3, -0.25) is 4.79 Å². The number of hydrogen-bond acceptors (Lipinski definition) is 4. The maximum absolute atomic E-state index is 13.1. The van der Waals surface area contributed by atoms with Crippen LogP contribution < -0.4 is 4.74 Å². The molecule has 0 N–H and O–H groups in total.